The van der Waals surface area contributed by atoms with Gasteiger partial charge in [0, 0.05) is 18.1 Å². The Morgan fingerprint density at radius 2 is 2.17 bits per heavy atom. The second kappa shape index (κ2) is 7.31. The van der Waals surface area contributed by atoms with Crippen molar-refractivity contribution >= 4 is 29.3 Å². The molecule has 23 heavy (non-hydrogen) atoms. The Labute approximate surface area is 144 Å². The average molecular weight is 352 g/mol. The van der Waals surface area contributed by atoms with E-state index in [-0.39, 0.29) is 5.91 Å². The molecule has 0 N–H and O–H groups in total. The van der Waals surface area contributed by atoms with Gasteiger partial charge in [-0.05, 0) is 53.5 Å². The maximum atomic E-state index is 12.3. The molecule has 0 aliphatic carbocycles. The molecule has 0 bridgehead atoms. The van der Waals surface area contributed by atoms with Crippen molar-refractivity contribution in [2.45, 2.75) is 24.9 Å². The molecule has 2 heterocycles. The fourth-order valence-corrected chi connectivity index (χ4v) is 3.57. The van der Waals surface area contributed by atoms with E-state index in [1.807, 2.05) is 17.0 Å². The van der Waals surface area contributed by atoms with Crippen molar-refractivity contribution in [2.75, 3.05) is 18.8 Å². The van der Waals surface area contributed by atoms with Gasteiger partial charge in [-0.3, -0.25) is 4.79 Å². The van der Waals surface area contributed by atoms with Crippen molar-refractivity contribution < 1.29 is 4.79 Å². The Kier molecular flexibility index (Phi) is 5.17. The standard InChI is InChI=1S/C15H18ClN5OS/c1-11-3-2-8-20(9-11)14(22)10-23-15-17-18-19-21(15)13-6-4-12(16)5-7-13/h4-7,11H,2-3,8-10H2,1H3. The number of nitrogens with zero attached hydrogens (tertiary/aromatic N) is 5. The lowest BCUT2D eigenvalue weighted by molar-refractivity contribution is -0.130. The number of tetrazole rings is 1. The second-order valence-electron chi connectivity index (χ2n) is 5.73. The van der Waals surface area contributed by atoms with Crippen LogP contribution in [0.25, 0.3) is 5.69 Å². The highest BCUT2D eigenvalue weighted by Crippen LogP contribution is 2.21. The van der Waals surface area contributed by atoms with Crippen molar-refractivity contribution in [2.24, 2.45) is 5.92 Å². The molecule has 1 atom stereocenters. The number of rotatable bonds is 4. The summed E-state index contributed by atoms with van der Waals surface area (Å²) in [5.41, 5.74) is 0.820. The number of carbonyl (C=O) groups is 1. The molecule has 1 fully saturated rings. The number of hydrogen-bond acceptors (Lipinski definition) is 5. The minimum absolute atomic E-state index is 0.146. The fourth-order valence-electron chi connectivity index (χ4n) is 2.65. The lowest BCUT2D eigenvalue weighted by Gasteiger charge is -2.30. The molecule has 1 aromatic heterocycles. The van der Waals surface area contributed by atoms with Crippen LogP contribution in [0.3, 0.4) is 0 Å². The number of aromatic nitrogens is 4. The molecule has 1 unspecified atom stereocenters. The molecule has 1 aromatic carbocycles. The van der Waals surface area contributed by atoms with Crippen LogP contribution in [-0.4, -0.2) is 49.9 Å². The smallest absolute Gasteiger partial charge is 0.233 e. The van der Waals surface area contributed by atoms with Crippen LogP contribution in [0.5, 0.6) is 0 Å². The molecule has 0 spiro atoms. The van der Waals surface area contributed by atoms with Gasteiger partial charge in [0.1, 0.15) is 0 Å². The van der Waals surface area contributed by atoms with E-state index in [2.05, 4.69) is 22.4 Å². The number of benzene rings is 1. The van der Waals surface area contributed by atoms with Crippen molar-refractivity contribution in [3.63, 3.8) is 0 Å². The van der Waals surface area contributed by atoms with E-state index >= 15 is 0 Å². The maximum Gasteiger partial charge on any atom is 0.233 e. The maximum absolute atomic E-state index is 12.3. The number of carbonyl (C=O) groups excluding carboxylic acids is 1. The number of amides is 1. The molecule has 6 nitrogen and oxygen atoms in total. The summed E-state index contributed by atoms with van der Waals surface area (Å²) in [5, 5.41) is 13.0. The first-order valence-corrected chi connectivity index (χ1v) is 8.95. The van der Waals surface area contributed by atoms with E-state index in [4.69, 9.17) is 11.6 Å². The van der Waals surface area contributed by atoms with E-state index in [0.717, 1.165) is 25.2 Å². The molecule has 1 saturated heterocycles. The van der Waals surface area contributed by atoms with Gasteiger partial charge in [0.05, 0.1) is 11.4 Å². The first kappa shape index (κ1) is 16.3. The van der Waals surface area contributed by atoms with Gasteiger partial charge < -0.3 is 4.90 Å². The zero-order valence-corrected chi connectivity index (χ0v) is 14.4. The molecule has 1 amide bonds. The van der Waals surface area contributed by atoms with Crippen LogP contribution in [0.2, 0.25) is 5.02 Å². The van der Waals surface area contributed by atoms with Crippen LogP contribution in [0, 0.1) is 5.92 Å². The number of hydrogen-bond donors (Lipinski definition) is 0. The Morgan fingerprint density at radius 3 is 2.91 bits per heavy atom. The Morgan fingerprint density at radius 1 is 1.39 bits per heavy atom. The van der Waals surface area contributed by atoms with Gasteiger partial charge in [-0.15, -0.1) is 5.10 Å². The highest BCUT2D eigenvalue weighted by atomic mass is 35.5. The molecule has 122 valence electrons. The van der Waals surface area contributed by atoms with Crippen molar-refractivity contribution in [3.8, 4) is 5.69 Å². The highest BCUT2D eigenvalue weighted by molar-refractivity contribution is 7.99. The van der Waals surface area contributed by atoms with Gasteiger partial charge in [0.15, 0.2) is 0 Å². The topological polar surface area (TPSA) is 63.9 Å². The van der Waals surface area contributed by atoms with Crippen LogP contribution in [0.15, 0.2) is 29.4 Å². The first-order valence-electron chi connectivity index (χ1n) is 7.58. The Bertz CT molecular complexity index is 675. The summed E-state index contributed by atoms with van der Waals surface area (Å²) in [6, 6.07) is 7.26. The van der Waals surface area contributed by atoms with Crippen LogP contribution >= 0.6 is 23.4 Å². The van der Waals surface area contributed by atoms with Gasteiger partial charge in [-0.1, -0.05) is 30.3 Å². The molecule has 1 aliphatic heterocycles. The highest BCUT2D eigenvalue weighted by Gasteiger charge is 2.21. The lowest BCUT2D eigenvalue weighted by atomic mass is 10.0. The molecule has 0 saturated carbocycles. The third-order valence-corrected chi connectivity index (χ3v) is 5.00. The summed E-state index contributed by atoms with van der Waals surface area (Å²) >= 11 is 7.26. The summed E-state index contributed by atoms with van der Waals surface area (Å²) < 4.78 is 1.62. The molecule has 2 aromatic rings. The number of halogens is 1. The number of piperidine rings is 1. The van der Waals surface area contributed by atoms with E-state index in [1.54, 1.807) is 16.8 Å². The molecule has 3 rings (SSSR count). The molecule has 0 radical (unpaired) electrons. The van der Waals surface area contributed by atoms with Crippen molar-refractivity contribution in [3.05, 3.63) is 29.3 Å². The summed E-state index contributed by atoms with van der Waals surface area (Å²) in [5.74, 6) is 1.07. The van der Waals surface area contributed by atoms with Gasteiger partial charge in [0.2, 0.25) is 11.1 Å². The van der Waals surface area contributed by atoms with Gasteiger partial charge in [-0.2, -0.15) is 4.68 Å². The largest absolute Gasteiger partial charge is 0.342 e. The average Bonchev–Trinajstić information content (AvgIpc) is 3.02. The zero-order chi connectivity index (χ0) is 16.2. The van der Waals surface area contributed by atoms with Crippen molar-refractivity contribution in [1.29, 1.82) is 0 Å². The minimum atomic E-state index is 0.146. The SMILES string of the molecule is CC1CCCN(C(=O)CSc2nnnn2-c2ccc(Cl)cc2)C1. The van der Waals surface area contributed by atoms with Crippen LogP contribution in [0.1, 0.15) is 19.8 Å². The van der Waals surface area contributed by atoms with Crippen LogP contribution < -0.4 is 0 Å². The third kappa shape index (κ3) is 4.03. The summed E-state index contributed by atoms with van der Waals surface area (Å²) in [7, 11) is 0. The van der Waals surface area contributed by atoms with E-state index in [1.165, 1.54) is 18.2 Å². The Balaban J connectivity index is 1.64. The van der Waals surface area contributed by atoms with E-state index in [0.29, 0.717) is 21.8 Å². The molecular formula is C15H18ClN5OS. The van der Waals surface area contributed by atoms with Gasteiger partial charge >= 0.3 is 0 Å². The predicted molar refractivity (Wildman–Crippen MR) is 89.9 cm³/mol. The van der Waals surface area contributed by atoms with Gasteiger partial charge in [0.25, 0.3) is 0 Å². The monoisotopic (exact) mass is 351 g/mol. The van der Waals surface area contributed by atoms with Crippen LogP contribution in [0.4, 0.5) is 0 Å². The molecular weight excluding hydrogens is 334 g/mol. The van der Waals surface area contributed by atoms with Crippen molar-refractivity contribution in [1.82, 2.24) is 25.1 Å². The quantitative estimate of drug-likeness (QED) is 0.792. The normalized spacial score (nSPS) is 18.2. The Hall–Kier alpha value is -1.60. The minimum Gasteiger partial charge on any atom is -0.342 e. The zero-order valence-electron chi connectivity index (χ0n) is 12.9. The third-order valence-electron chi connectivity index (χ3n) is 3.85. The van der Waals surface area contributed by atoms with Gasteiger partial charge in [-0.25, -0.2) is 0 Å². The van der Waals surface area contributed by atoms with E-state index in [9.17, 15) is 4.79 Å². The fraction of sp³-hybridized carbons (Fsp3) is 0.467. The van der Waals surface area contributed by atoms with Crippen LogP contribution in [-0.2, 0) is 4.79 Å². The van der Waals surface area contributed by atoms with E-state index < -0.39 is 0 Å². The number of thioether (sulfide) groups is 1. The summed E-state index contributed by atoms with van der Waals surface area (Å²) in [4.78, 5) is 14.3. The summed E-state index contributed by atoms with van der Waals surface area (Å²) in [6.45, 7) is 3.89. The molecule has 1 aliphatic rings. The number of likely N-dealkylation sites (tertiary alicyclic amines) is 1. The first-order chi connectivity index (χ1) is 11.1. The second-order valence-corrected chi connectivity index (χ2v) is 7.10. The predicted octanol–water partition coefficient (Wildman–Crippen LogP) is 2.67. The lowest BCUT2D eigenvalue weighted by Crippen LogP contribution is -2.40. The summed E-state index contributed by atoms with van der Waals surface area (Å²) in [6.07, 6.45) is 2.28. The molecule has 8 heteroatoms.